The van der Waals surface area contributed by atoms with E-state index >= 15 is 0 Å². The first-order valence-electron chi connectivity index (χ1n) is 8.85. The van der Waals surface area contributed by atoms with Gasteiger partial charge in [0.2, 0.25) is 0 Å². The van der Waals surface area contributed by atoms with Crippen LogP contribution in [-0.4, -0.2) is 23.2 Å². The predicted octanol–water partition coefficient (Wildman–Crippen LogP) is 4.53. The molecule has 1 aromatic carbocycles. The summed E-state index contributed by atoms with van der Waals surface area (Å²) in [6.45, 7) is 2.63. The standard InChI is InChI=1S/C20H20FNO3S.CH4/c1-12(23)25-18-10-14-11-22(9-8-17(14)26-18)19(20(24)13-6-7-13)15-4-2-3-5-16(15)21;/h2-5,10,13,19H,6-9,11H2,1H3;1H4. The van der Waals surface area contributed by atoms with Crippen molar-refractivity contribution in [1.82, 2.24) is 4.90 Å². The van der Waals surface area contributed by atoms with Crippen molar-refractivity contribution < 1.29 is 18.7 Å². The normalized spacial score (nSPS) is 17.6. The third kappa shape index (κ3) is 4.12. The molecular weight excluding hydrogens is 365 g/mol. The molecule has 0 amide bonds. The highest BCUT2D eigenvalue weighted by molar-refractivity contribution is 7.14. The molecule has 144 valence electrons. The van der Waals surface area contributed by atoms with Crippen molar-refractivity contribution in [1.29, 1.82) is 0 Å². The molecule has 0 saturated heterocycles. The van der Waals surface area contributed by atoms with E-state index in [4.69, 9.17) is 4.74 Å². The third-order valence-electron chi connectivity index (χ3n) is 4.93. The van der Waals surface area contributed by atoms with Crippen molar-refractivity contribution in [2.75, 3.05) is 6.54 Å². The summed E-state index contributed by atoms with van der Waals surface area (Å²) < 4.78 is 19.6. The van der Waals surface area contributed by atoms with Crippen LogP contribution in [0.5, 0.6) is 5.06 Å². The monoisotopic (exact) mass is 389 g/mol. The zero-order chi connectivity index (χ0) is 18.3. The molecule has 2 aromatic rings. The largest absolute Gasteiger partial charge is 0.416 e. The number of carbonyl (C=O) groups is 2. The second-order valence-electron chi connectivity index (χ2n) is 6.93. The van der Waals surface area contributed by atoms with Crippen LogP contribution in [0.1, 0.15) is 49.2 Å². The maximum Gasteiger partial charge on any atom is 0.308 e. The van der Waals surface area contributed by atoms with Gasteiger partial charge in [0, 0.05) is 36.4 Å². The Morgan fingerprint density at radius 3 is 2.70 bits per heavy atom. The number of carbonyl (C=O) groups excluding carboxylic acids is 2. The van der Waals surface area contributed by atoms with E-state index in [2.05, 4.69) is 4.90 Å². The molecule has 1 fully saturated rings. The number of nitrogens with zero attached hydrogens (tertiary/aromatic N) is 1. The summed E-state index contributed by atoms with van der Waals surface area (Å²) >= 11 is 1.47. The highest BCUT2D eigenvalue weighted by atomic mass is 32.1. The van der Waals surface area contributed by atoms with E-state index < -0.39 is 6.04 Å². The van der Waals surface area contributed by atoms with Crippen LogP contribution in [0.3, 0.4) is 0 Å². The molecule has 0 spiro atoms. The Labute approximate surface area is 162 Å². The topological polar surface area (TPSA) is 46.6 Å². The van der Waals surface area contributed by atoms with Gasteiger partial charge in [-0.3, -0.25) is 14.5 Å². The quantitative estimate of drug-likeness (QED) is 0.705. The number of ketones is 1. The van der Waals surface area contributed by atoms with Crippen molar-refractivity contribution >= 4 is 23.1 Å². The molecule has 2 aliphatic rings. The molecule has 1 aliphatic carbocycles. The average molecular weight is 389 g/mol. The number of hydrogen-bond donors (Lipinski definition) is 0. The molecule has 6 heteroatoms. The van der Waals surface area contributed by atoms with Gasteiger partial charge in [0.15, 0.2) is 10.8 Å². The summed E-state index contributed by atoms with van der Waals surface area (Å²) in [6, 6.07) is 7.89. The van der Waals surface area contributed by atoms with Gasteiger partial charge in [-0.05, 0) is 37.0 Å². The van der Waals surface area contributed by atoms with Crippen LogP contribution in [0.25, 0.3) is 0 Å². The van der Waals surface area contributed by atoms with Crippen molar-refractivity contribution in [3.8, 4) is 5.06 Å². The van der Waals surface area contributed by atoms with E-state index in [0.717, 1.165) is 24.8 Å². The van der Waals surface area contributed by atoms with Crippen molar-refractivity contribution in [3.05, 3.63) is 52.2 Å². The van der Waals surface area contributed by atoms with Crippen LogP contribution in [0.2, 0.25) is 0 Å². The smallest absolute Gasteiger partial charge is 0.308 e. The van der Waals surface area contributed by atoms with Crippen LogP contribution >= 0.6 is 11.3 Å². The summed E-state index contributed by atoms with van der Waals surface area (Å²) in [5.41, 5.74) is 1.52. The second-order valence-corrected chi connectivity index (χ2v) is 8.03. The molecule has 4 nitrogen and oxygen atoms in total. The molecule has 0 bridgehead atoms. The highest BCUT2D eigenvalue weighted by Crippen LogP contribution is 2.41. The first kappa shape index (κ1) is 19.7. The lowest BCUT2D eigenvalue weighted by atomic mass is 9.95. The molecule has 0 N–H and O–H groups in total. The Balaban J connectivity index is 0.00000210. The number of thiophene rings is 1. The van der Waals surface area contributed by atoms with E-state index in [1.165, 1.54) is 29.2 Å². The summed E-state index contributed by atoms with van der Waals surface area (Å²) in [4.78, 5) is 27.4. The second kappa shape index (κ2) is 7.90. The molecule has 1 aromatic heterocycles. The van der Waals surface area contributed by atoms with Crippen molar-refractivity contribution in [3.63, 3.8) is 0 Å². The minimum atomic E-state index is -0.547. The lowest BCUT2D eigenvalue weighted by Gasteiger charge is -2.34. The Hall–Kier alpha value is -2.05. The Morgan fingerprint density at radius 2 is 2.04 bits per heavy atom. The van der Waals surface area contributed by atoms with Gasteiger partial charge in [0.25, 0.3) is 0 Å². The van der Waals surface area contributed by atoms with E-state index in [0.29, 0.717) is 23.7 Å². The Bertz CT molecular complexity index is 859. The zero-order valence-corrected chi connectivity index (χ0v) is 15.4. The first-order valence-corrected chi connectivity index (χ1v) is 9.67. The van der Waals surface area contributed by atoms with Crippen LogP contribution in [0, 0.1) is 11.7 Å². The predicted molar refractivity (Wildman–Crippen MR) is 103 cm³/mol. The van der Waals surface area contributed by atoms with Gasteiger partial charge in [-0.15, -0.1) is 11.3 Å². The lowest BCUT2D eigenvalue weighted by molar-refractivity contribution is -0.131. The van der Waals surface area contributed by atoms with Crippen LogP contribution in [0.4, 0.5) is 4.39 Å². The summed E-state index contributed by atoms with van der Waals surface area (Å²) in [7, 11) is 0. The van der Waals surface area contributed by atoms with E-state index in [1.807, 2.05) is 6.07 Å². The highest BCUT2D eigenvalue weighted by Gasteiger charge is 2.40. The minimum Gasteiger partial charge on any atom is -0.416 e. The van der Waals surface area contributed by atoms with Crippen LogP contribution in [0.15, 0.2) is 30.3 Å². The number of fused-ring (bicyclic) bond motifs is 1. The van der Waals surface area contributed by atoms with Gasteiger partial charge in [-0.25, -0.2) is 4.39 Å². The number of benzene rings is 1. The fourth-order valence-electron chi connectivity index (χ4n) is 3.56. The number of hydrogen-bond acceptors (Lipinski definition) is 5. The molecule has 1 saturated carbocycles. The molecule has 1 aliphatic heterocycles. The van der Waals surface area contributed by atoms with Gasteiger partial charge >= 0.3 is 5.97 Å². The number of Topliss-reactive ketones (excluding diaryl/α,β-unsaturated/α-hetero) is 1. The van der Waals surface area contributed by atoms with E-state index in [9.17, 15) is 14.0 Å². The van der Waals surface area contributed by atoms with Gasteiger partial charge in [0.1, 0.15) is 5.82 Å². The van der Waals surface area contributed by atoms with Gasteiger partial charge in [-0.2, -0.15) is 0 Å². The van der Waals surface area contributed by atoms with Gasteiger partial charge in [-0.1, -0.05) is 25.6 Å². The van der Waals surface area contributed by atoms with Crippen LogP contribution in [-0.2, 0) is 22.6 Å². The summed E-state index contributed by atoms with van der Waals surface area (Å²) in [5, 5.41) is 0.584. The van der Waals surface area contributed by atoms with Crippen LogP contribution < -0.4 is 4.74 Å². The maximum atomic E-state index is 14.4. The third-order valence-corrected chi connectivity index (χ3v) is 6.05. The number of halogens is 1. The molecular formula is C21H24FNO3S. The van der Waals surface area contributed by atoms with Gasteiger partial charge < -0.3 is 4.74 Å². The lowest BCUT2D eigenvalue weighted by Crippen LogP contribution is -2.38. The number of esters is 1. The first-order chi connectivity index (χ1) is 12.5. The fraction of sp³-hybridized carbons (Fsp3) is 0.429. The van der Waals surface area contributed by atoms with Crippen molar-refractivity contribution in [2.24, 2.45) is 5.92 Å². The fourth-order valence-corrected chi connectivity index (χ4v) is 4.61. The molecule has 27 heavy (non-hydrogen) atoms. The summed E-state index contributed by atoms with van der Waals surface area (Å²) in [6.07, 6.45) is 2.57. The van der Waals surface area contributed by atoms with E-state index in [1.54, 1.807) is 18.2 Å². The summed E-state index contributed by atoms with van der Waals surface area (Å²) in [5.74, 6) is -0.495. The minimum absolute atomic E-state index is 0. The number of rotatable bonds is 5. The van der Waals surface area contributed by atoms with Crippen molar-refractivity contribution in [2.45, 2.75) is 46.2 Å². The average Bonchev–Trinajstić information content (AvgIpc) is 3.37. The Kier molecular flexibility index (Phi) is 5.77. The molecule has 2 heterocycles. The molecule has 4 rings (SSSR count). The molecule has 1 atom stereocenters. The van der Waals surface area contributed by atoms with Gasteiger partial charge in [0.05, 0.1) is 6.04 Å². The Morgan fingerprint density at radius 1 is 1.30 bits per heavy atom. The zero-order valence-electron chi connectivity index (χ0n) is 14.5. The maximum absolute atomic E-state index is 14.4. The van der Waals surface area contributed by atoms with E-state index in [-0.39, 0.29) is 30.9 Å². The SMILES string of the molecule is C.CC(=O)Oc1cc2c(s1)CCN(C(C(=O)C1CC1)c1ccccc1F)C2. The molecule has 1 unspecified atom stereocenters. The number of ether oxygens (including phenoxy) is 1. The molecule has 0 radical (unpaired) electrons.